The van der Waals surface area contributed by atoms with E-state index in [1.807, 2.05) is 6.92 Å². The fourth-order valence-corrected chi connectivity index (χ4v) is 1.61. The van der Waals surface area contributed by atoms with E-state index < -0.39 is 0 Å². The van der Waals surface area contributed by atoms with Gasteiger partial charge in [-0.1, -0.05) is 18.2 Å². The van der Waals surface area contributed by atoms with Crippen LogP contribution < -0.4 is 4.74 Å². The quantitative estimate of drug-likeness (QED) is 0.903. The third kappa shape index (κ3) is 2.84. The van der Waals surface area contributed by atoms with Crippen LogP contribution in [0.15, 0.2) is 36.4 Å². The zero-order chi connectivity index (χ0) is 13.0. The number of pyridine rings is 1. The van der Waals surface area contributed by atoms with E-state index in [1.165, 1.54) is 6.07 Å². The number of hydrogen-bond acceptors (Lipinski definition) is 3. The molecule has 0 bridgehead atoms. The van der Waals surface area contributed by atoms with Crippen LogP contribution in [-0.2, 0) is 13.2 Å². The average molecular weight is 247 g/mol. The summed E-state index contributed by atoms with van der Waals surface area (Å²) in [6.45, 7) is 1.75. The first-order valence-electron chi connectivity index (χ1n) is 5.64. The van der Waals surface area contributed by atoms with Gasteiger partial charge in [0.15, 0.2) is 0 Å². The summed E-state index contributed by atoms with van der Waals surface area (Å²) in [5, 5.41) is 9.18. The minimum atomic E-state index is -0.303. The van der Waals surface area contributed by atoms with Gasteiger partial charge in [0.1, 0.15) is 23.9 Å². The number of aliphatic hydroxyl groups is 1. The van der Waals surface area contributed by atoms with E-state index in [0.717, 1.165) is 5.69 Å². The lowest BCUT2D eigenvalue weighted by molar-refractivity contribution is 0.251. The van der Waals surface area contributed by atoms with Crippen LogP contribution in [0.5, 0.6) is 5.75 Å². The van der Waals surface area contributed by atoms with Crippen LogP contribution in [0.3, 0.4) is 0 Å². The number of aromatic nitrogens is 1. The molecule has 0 fully saturated rings. The van der Waals surface area contributed by atoms with Gasteiger partial charge in [-0.15, -0.1) is 0 Å². The van der Waals surface area contributed by atoms with Crippen molar-refractivity contribution in [3.63, 3.8) is 0 Å². The molecule has 3 nitrogen and oxygen atoms in total. The summed E-state index contributed by atoms with van der Waals surface area (Å²) in [6, 6.07) is 9.95. The summed E-state index contributed by atoms with van der Waals surface area (Å²) >= 11 is 0. The second-order valence-electron chi connectivity index (χ2n) is 3.94. The fourth-order valence-electron chi connectivity index (χ4n) is 1.61. The molecule has 4 heteroatoms. The summed E-state index contributed by atoms with van der Waals surface area (Å²) in [6.07, 6.45) is 0. The van der Waals surface area contributed by atoms with Crippen molar-refractivity contribution >= 4 is 0 Å². The monoisotopic (exact) mass is 247 g/mol. The van der Waals surface area contributed by atoms with Gasteiger partial charge < -0.3 is 9.84 Å². The van der Waals surface area contributed by atoms with Crippen molar-refractivity contribution < 1.29 is 14.2 Å². The Kier molecular flexibility index (Phi) is 3.89. The molecule has 0 radical (unpaired) electrons. The van der Waals surface area contributed by atoms with Gasteiger partial charge in [-0.05, 0) is 25.1 Å². The Balaban J connectivity index is 2.13. The van der Waals surface area contributed by atoms with Crippen molar-refractivity contribution in [3.05, 3.63) is 59.2 Å². The number of rotatable bonds is 4. The first kappa shape index (κ1) is 12.5. The first-order chi connectivity index (χ1) is 8.70. The van der Waals surface area contributed by atoms with Crippen LogP contribution in [0, 0.1) is 12.7 Å². The molecule has 0 amide bonds. The molecular formula is C14H14FNO2. The number of aliphatic hydroxyl groups excluding tert-OH is 1. The van der Waals surface area contributed by atoms with Crippen LogP contribution in [0.2, 0.25) is 0 Å². The van der Waals surface area contributed by atoms with E-state index in [4.69, 9.17) is 4.74 Å². The highest BCUT2D eigenvalue weighted by atomic mass is 19.1. The molecule has 18 heavy (non-hydrogen) atoms. The highest BCUT2D eigenvalue weighted by Crippen LogP contribution is 2.19. The topological polar surface area (TPSA) is 42.4 Å². The van der Waals surface area contributed by atoms with Crippen molar-refractivity contribution in [1.82, 2.24) is 4.98 Å². The third-order valence-corrected chi connectivity index (χ3v) is 2.56. The molecule has 0 aliphatic carbocycles. The Hall–Kier alpha value is -1.94. The van der Waals surface area contributed by atoms with Gasteiger partial charge in [0.2, 0.25) is 0 Å². The second kappa shape index (κ2) is 5.60. The van der Waals surface area contributed by atoms with Gasteiger partial charge in [-0.25, -0.2) is 4.39 Å². The van der Waals surface area contributed by atoms with Crippen molar-refractivity contribution in [3.8, 4) is 5.75 Å². The van der Waals surface area contributed by atoms with E-state index in [9.17, 15) is 9.50 Å². The number of aryl methyl sites for hydroxylation is 1. The van der Waals surface area contributed by atoms with E-state index in [2.05, 4.69) is 4.98 Å². The lowest BCUT2D eigenvalue weighted by Gasteiger charge is -2.10. The molecule has 0 saturated heterocycles. The average Bonchev–Trinajstić information content (AvgIpc) is 2.39. The maximum absolute atomic E-state index is 13.4. The molecule has 0 aliphatic heterocycles. The fraction of sp³-hybridized carbons (Fsp3) is 0.214. The lowest BCUT2D eigenvalue weighted by atomic mass is 10.2. The van der Waals surface area contributed by atoms with Crippen molar-refractivity contribution in [1.29, 1.82) is 0 Å². The molecule has 0 aliphatic rings. The van der Waals surface area contributed by atoms with Crippen molar-refractivity contribution in [2.45, 2.75) is 20.1 Å². The minimum absolute atomic E-state index is 0.115. The SMILES string of the molecule is Cc1ccc(OCc2ccccc2F)c(CO)n1. The zero-order valence-electron chi connectivity index (χ0n) is 10.1. The van der Waals surface area contributed by atoms with Gasteiger partial charge >= 0.3 is 0 Å². The predicted octanol–water partition coefficient (Wildman–Crippen LogP) is 2.60. The molecule has 1 N–H and O–H groups in total. The number of nitrogens with zero attached hydrogens (tertiary/aromatic N) is 1. The second-order valence-corrected chi connectivity index (χ2v) is 3.94. The molecular weight excluding hydrogens is 233 g/mol. The maximum Gasteiger partial charge on any atom is 0.143 e. The smallest absolute Gasteiger partial charge is 0.143 e. The van der Waals surface area contributed by atoms with Crippen molar-refractivity contribution in [2.24, 2.45) is 0 Å². The lowest BCUT2D eigenvalue weighted by Crippen LogP contribution is -2.02. The summed E-state index contributed by atoms with van der Waals surface area (Å²) in [5.41, 5.74) is 1.74. The van der Waals surface area contributed by atoms with Crippen LogP contribution in [-0.4, -0.2) is 10.1 Å². The minimum Gasteiger partial charge on any atom is -0.487 e. The molecule has 0 atom stereocenters. The standard InChI is InChI=1S/C14H14FNO2/c1-10-6-7-14(13(8-17)16-10)18-9-11-4-2-3-5-12(11)15/h2-7,17H,8-9H2,1H3. The predicted molar refractivity (Wildman–Crippen MR) is 65.6 cm³/mol. The molecule has 1 heterocycles. The van der Waals surface area contributed by atoms with Gasteiger partial charge in [0, 0.05) is 11.3 Å². The molecule has 94 valence electrons. The van der Waals surface area contributed by atoms with Gasteiger partial charge in [-0.3, -0.25) is 4.98 Å². The highest BCUT2D eigenvalue weighted by molar-refractivity contribution is 5.29. The van der Waals surface area contributed by atoms with Crippen molar-refractivity contribution in [2.75, 3.05) is 0 Å². The summed E-state index contributed by atoms with van der Waals surface area (Å²) in [7, 11) is 0. The van der Waals surface area contributed by atoms with Crippen LogP contribution in [0.1, 0.15) is 17.0 Å². The Bertz CT molecular complexity index is 543. The molecule has 0 saturated carbocycles. The zero-order valence-corrected chi connectivity index (χ0v) is 10.1. The summed E-state index contributed by atoms with van der Waals surface area (Å²) < 4.78 is 18.9. The largest absolute Gasteiger partial charge is 0.487 e. The maximum atomic E-state index is 13.4. The normalized spacial score (nSPS) is 10.4. The Labute approximate surface area is 105 Å². The van der Waals surface area contributed by atoms with Gasteiger partial charge in [0.25, 0.3) is 0 Å². The number of ether oxygens (including phenoxy) is 1. The number of hydrogen-bond donors (Lipinski definition) is 1. The Morgan fingerprint density at radius 1 is 1.22 bits per heavy atom. The summed E-state index contributed by atoms with van der Waals surface area (Å²) in [4.78, 5) is 4.16. The molecule has 1 aromatic carbocycles. The molecule has 2 aromatic rings. The first-order valence-corrected chi connectivity index (χ1v) is 5.64. The van der Waals surface area contributed by atoms with Gasteiger partial charge in [-0.2, -0.15) is 0 Å². The van der Waals surface area contributed by atoms with Crippen LogP contribution in [0.4, 0.5) is 4.39 Å². The Morgan fingerprint density at radius 2 is 2.00 bits per heavy atom. The third-order valence-electron chi connectivity index (χ3n) is 2.56. The van der Waals surface area contributed by atoms with Crippen LogP contribution in [0.25, 0.3) is 0 Å². The van der Waals surface area contributed by atoms with E-state index >= 15 is 0 Å². The molecule has 0 spiro atoms. The van der Waals surface area contributed by atoms with Gasteiger partial charge in [0.05, 0.1) is 6.61 Å². The van der Waals surface area contributed by atoms with E-state index in [0.29, 0.717) is 17.0 Å². The van der Waals surface area contributed by atoms with E-state index in [1.54, 1.807) is 30.3 Å². The van der Waals surface area contributed by atoms with Crippen LogP contribution >= 0.6 is 0 Å². The summed E-state index contributed by atoms with van der Waals surface area (Å²) in [5.74, 6) is 0.175. The number of halogens is 1. The molecule has 2 rings (SSSR count). The Morgan fingerprint density at radius 3 is 2.72 bits per heavy atom. The molecule has 1 aromatic heterocycles. The highest BCUT2D eigenvalue weighted by Gasteiger charge is 2.07. The number of benzene rings is 1. The van der Waals surface area contributed by atoms with E-state index in [-0.39, 0.29) is 19.0 Å². The molecule has 0 unspecified atom stereocenters.